The summed E-state index contributed by atoms with van der Waals surface area (Å²) in [7, 11) is -2.25. The van der Waals surface area contributed by atoms with Gasteiger partial charge in [0.1, 0.15) is 0 Å². The SMILES string of the molecule is CCN(CCCS(=O)(=O)NC(=O)Nc1c(-c2ccnc(OC)c2)ccc2c1CCC2)Cc1ccccc1. The third kappa shape index (κ3) is 7.08. The maximum atomic E-state index is 12.9. The van der Waals surface area contributed by atoms with Crippen molar-refractivity contribution in [3.8, 4) is 17.0 Å². The number of pyridine rings is 1. The molecule has 1 heterocycles. The van der Waals surface area contributed by atoms with E-state index in [4.69, 9.17) is 4.74 Å². The van der Waals surface area contributed by atoms with E-state index in [1.807, 2.05) is 30.3 Å². The van der Waals surface area contributed by atoms with Gasteiger partial charge in [-0.05, 0) is 67.1 Å². The van der Waals surface area contributed by atoms with E-state index in [9.17, 15) is 13.2 Å². The predicted octanol–water partition coefficient (Wildman–Crippen LogP) is 4.61. The van der Waals surface area contributed by atoms with E-state index in [1.165, 1.54) is 11.1 Å². The highest BCUT2D eigenvalue weighted by atomic mass is 32.2. The molecular formula is C28H34N4O4S. The van der Waals surface area contributed by atoms with E-state index >= 15 is 0 Å². The zero-order chi connectivity index (χ0) is 26.3. The summed E-state index contributed by atoms with van der Waals surface area (Å²) in [5, 5.41) is 2.85. The fraction of sp³-hybridized carbons (Fsp3) is 0.357. The molecule has 2 N–H and O–H groups in total. The number of methoxy groups -OCH3 is 1. The van der Waals surface area contributed by atoms with E-state index in [0.29, 0.717) is 24.5 Å². The van der Waals surface area contributed by atoms with Crippen LogP contribution in [0.15, 0.2) is 60.8 Å². The first-order valence-corrected chi connectivity index (χ1v) is 14.3. The van der Waals surface area contributed by atoms with Crippen molar-refractivity contribution in [2.75, 3.05) is 31.3 Å². The van der Waals surface area contributed by atoms with Gasteiger partial charge in [-0.1, -0.05) is 49.4 Å². The highest BCUT2D eigenvalue weighted by molar-refractivity contribution is 7.90. The number of urea groups is 1. The Kier molecular flexibility index (Phi) is 8.78. The first-order chi connectivity index (χ1) is 17.9. The molecule has 196 valence electrons. The lowest BCUT2D eigenvalue weighted by atomic mass is 9.98. The van der Waals surface area contributed by atoms with Crippen LogP contribution in [-0.4, -0.2) is 50.3 Å². The van der Waals surface area contributed by atoms with Crippen LogP contribution in [0.2, 0.25) is 0 Å². The molecule has 0 aliphatic heterocycles. The summed E-state index contributed by atoms with van der Waals surface area (Å²) in [4.78, 5) is 19.2. The fourth-order valence-corrected chi connectivity index (χ4v) is 5.68. The number of nitrogens with one attached hydrogen (secondary N) is 2. The minimum atomic E-state index is -3.80. The average molecular weight is 523 g/mol. The van der Waals surface area contributed by atoms with Gasteiger partial charge in [-0.3, -0.25) is 4.90 Å². The van der Waals surface area contributed by atoms with Crippen LogP contribution in [0.1, 0.15) is 36.5 Å². The number of carbonyl (C=O) groups excluding carboxylic acids is 1. The Bertz CT molecular complexity index is 1330. The van der Waals surface area contributed by atoms with Crippen molar-refractivity contribution < 1.29 is 17.9 Å². The van der Waals surface area contributed by atoms with E-state index in [-0.39, 0.29) is 5.75 Å². The lowest BCUT2D eigenvalue weighted by Gasteiger charge is -2.20. The lowest BCUT2D eigenvalue weighted by Crippen LogP contribution is -2.37. The molecule has 0 atom stereocenters. The van der Waals surface area contributed by atoms with Crippen molar-refractivity contribution in [2.24, 2.45) is 0 Å². The van der Waals surface area contributed by atoms with Crippen molar-refractivity contribution in [1.82, 2.24) is 14.6 Å². The summed E-state index contributed by atoms with van der Waals surface area (Å²) in [5.74, 6) is 0.330. The number of hydrogen-bond acceptors (Lipinski definition) is 6. The van der Waals surface area contributed by atoms with Gasteiger partial charge in [0.15, 0.2) is 0 Å². The summed E-state index contributed by atoms with van der Waals surface area (Å²) in [6.07, 6.45) is 4.81. The predicted molar refractivity (Wildman–Crippen MR) is 146 cm³/mol. The number of rotatable bonds is 11. The second kappa shape index (κ2) is 12.2. The minimum absolute atomic E-state index is 0.132. The van der Waals surface area contributed by atoms with Crippen molar-refractivity contribution in [2.45, 2.75) is 39.2 Å². The Morgan fingerprint density at radius 2 is 1.92 bits per heavy atom. The number of sulfonamides is 1. The molecule has 0 fully saturated rings. The molecule has 9 heteroatoms. The van der Waals surface area contributed by atoms with Crippen molar-refractivity contribution in [1.29, 1.82) is 0 Å². The molecule has 0 unspecified atom stereocenters. The van der Waals surface area contributed by atoms with Gasteiger partial charge in [-0.2, -0.15) is 0 Å². The zero-order valence-corrected chi connectivity index (χ0v) is 22.2. The summed E-state index contributed by atoms with van der Waals surface area (Å²) >= 11 is 0. The normalized spacial score (nSPS) is 12.8. The van der Waals surface area contributed by atoms with Crippen molar-refractivity contribution in [3.05, 3.63) is 77.5 Å². The standard InChI is InChI=1S/C28H34N4O4S/c1-3-32(20-21-9-5-4-6-10-21)17-8-18-37(34,35)31-28(33)30-27-24-12-7-11-22(24)13-14-25(27)23-15-16-29-26(19-23)36-2/h4-6,9-10,13-16,19H,3,7-8,11-12,17-18,20H2,1-2H3,(H2,30,31,33). The number of nitrogens with zero attached hydrogens (tertiary/aromatic N) is 2. The van der Waals surface area contributed by atoms with Crippen LogP contribution >= 0.6 is 0 Å². The molecule has 0 bridgehead atoms. The number of hydrogen-bond donors (Lipinski definition) is 2. The number of carbonyl (C=O) groups is 1. The van der Waals surface area contributed by atoms with Crippen LogP contribution in [-0.2, 0) is 29.4 Å². The Morgan fingerprint density at radius 3 is 2.68 bits per heavy atom. The quantitative estimate of drug-likeness (QED) is 0.382. The number of aryl methyl sites for hydroxylation is 1. The summed E-state index contributed by atoms with van der Waals surface area (Å²) in [6.45, 7) is 4.24. The second-order valence-electron chi connectivity index (χ2n) is 9.15. The Labute approximate surface area is 219 Å². The zero-order valence-electron chi connectivity index (χ0n) is 21.4. The average Bonchev–Trinajstić information content (AvgIpc) is 3.38. The molecule has 1 aliphatic carbocycles. The molecule has 37 heavy (non-hydrogen) atoms. The van der Waals surface area contributed by atoms with Gasteiger partial charge < -0.3 is 10.1 Å². The van der Waals surface area contributed by atoms with Gasteiger partial charge in [0.25, 0.3) is 0 Å². The maximum Gasteiger partial charge on any atom is 0.332 e. The van der Waals surface area contributed by atoms with Crippen molar-refractivity contribution >= 4 is 21.7 Å². The number of anilines is 1. The summed E-state index contributed by atoms with van der Waals surface area (Å²) in [5.41, 5.74) is 5.66. The molecule has 4 rings (SSSR count). The molecule has 2 aromatic carbocycles. The first-order valence-electron chi connectivity index (χ1n) is 12.6. The highest BCUT2D eigenvalue weighted by Crippen LogP contribution is 2.38. The highest BCUT2D eigenvalue weighted by Gasteiger charge is 2.22. The smallest absolute Gasteiger partial charge is 0.332 e. The van der Waals surface area contributed by atoms with Gasteiger partial charge in [0.05, 0.1) is 18.6 Å². The van der Waals surface area contributed by atoms with Gasteiger partial charge in [0, 0.05) is 24.4 Å². The molecule has 0 saturated heterocycles. The largest absolute Gasteiger partial charge is 0.481 e. The maximum absolute atomic E-state index is 12.9. The van der Waals surface area contributed by atoms with Crippen LogP contribution in [0.4, 0.5) is 10.5 Å². The molecule has 0 spiro atoms. The molecule has 2 amide bonds. The van der Waals surface area contributed by atoms with Crippen LogP contribution in [0, 0.1) is 0 Å². The van der Waals surface area contributed by atoms with Gasteiger partial charge >= 0.3 is 6.03 Å². The summed E-state index contributed by atoms with van der Waals surface area (Å²) < 4.78 is 32.9. The molecule has 0 saturated carbocycles. The van der Waals surface area contributed by atoms with Crippen LogP contribution in [0.5, 0.6) is 5.88 Å². The van der Waals surface area contributed by atoms with Crippen molar-refractivity contribution in [3.63, 3.8) is 0 Å². The first kappa shape index (κ1) is 26.6. The fourth-order valence-electron chi connectivity index (χ4n) is 4.74. The van der Waals surface area contributed by atoms with Crippen LogP contribution in [0.3, 0.4) is 0 Å². The topological polar surface area (TPSA) is 101 Å². The van der Waals surface area contributed by atoms with E-state index in [1.54, 1.807) is 19.4 Å². The van der Waals surface area contributed by atoms with Gasteiger partial charge in [0.2, 0.25) is 15.9 Å². The third-order valence-electron chi connectivity index (χ3n) is 6.61. The molecule has 3 aromatic rings. The molecule has 1 aromatic heterocycles. The van der Waals surface area contributed by atoms with Gasteiger partial charge in [-0.15, -0.1) is 0 Å². The Morgan fingerprint density at radius 1 is 1.11 bits per heavy atom. The summed E-state index contributed by atoms with van der Waals surface area (Å²) in [6, 6.07) is 17.0. The number of fused-ring (bicyclic) bond motifs is 1. The molecule has 0 radical (unpaired) electrons. The number of aromatic nitrogens is 1. The monoisotopic (exact) mass is 522 g/mol. The Hall–Kier alpha value is -3.43. The number of amides is 2. The molecule has 8 nitrogen and oxygen atoms in total. The van der Waals surface area contributed by atoms with E-state index < -0.39 is 16.1 Å². The van der Waals surface area contributed by atoms with E-state index in [2.05, 4.69) is 45.0 Å². The lowest BCUT2D eigenvalue weighted by molar-refractivity contribution is 0.256. The van der Waals surface area contributed by atoms with E-state index in [0.717, 1.165) is 49.0 Å². The second-order valence-corrected chi connectivity index (χ2v) is 11.0. The number of ether oxygens (including phenoxy) is 1. The Balaban J connectivity index is 1.41. The molecular weight excluding hydrogens is 488 g/mol. The third-order valence-corrected chi connectivity index (χ3v) is 7.93. The number of benzene rings is 2. The minimum Gasteiger partial charge on any atom is -0.481 e. The van der Waals surface area contributed by atoms with Crippen LogP contribution < -0.4 is 14.8 Å². The molecule has 1 aliphatic rings. The van der Waals surface area contributed by atoms with Gasteiger partial charge in [-0.25, -0.2) is 22.9 Å². The van der Waals surface area contributed by atoms with Crippen LogP contribution in [0.25, 0.3) is 11.1 Å².